The molecule has 158 valence electrons. The number of hydrogen-bond donors (Lipinski definition) is 2. The predicted octanol–water partition coefficient (Wildman–Crippen LogP) is 5.16. The Morgan fingerprint density at radius 3 is 2.60 bits per heavy atom. The van der Waals surface area contributed by atoms with E-state index >= 15 is 0 Å². The first-order chi connectivity index (χ1) is 14.4. The number of amides is 2. The minimum Gasteiger partial charge on any atom is -0.491 e. The highest BCUT2D eigenvalue weighted by atomic mass is 16.5. The zero-order valence-electron chi connectivity index (χ0n) is 18.1. The Balaban J connectivity index is 1.57. The Morgan fingerprint density at radius 2 is 1.83 bits per heavy atom. The van der Waals surface area contributed by atoms with Crippen molar-refractivity contribution in [2.75, 3.05) is 5.32 Å². The maximum absolute atomic E-state index is 12.4. The van der Waals surface area contributed by atoms with Gasteiger partial charge in [0.15, 0.2) is 0 Å². The van der Waals surface area contributed by atoms with Crippen LogP contribution in [0.1, 0.15) is 50.6 Å². The summed E-state index contributed by atoms with van der Waals surface area (Å²) < 4.78 is 7.84. The Bertz CT molecular complexity index is 979. The molecule has 2 amide bonds. The Hall–Kier alpha value is -3.28. The molecule has 0 bridgehead atoms. The number of anilines is 1. The number of nitrogens with one attached hydrogen (secondary N) is 2. The zero-order valence-corrected chi connectivity index (χ0v) is 18.1. The van der Waals surface area contributed by atoms with Crippen LogP contribution in [0, 0.1) is 0 Å². The average Bonchev–Trinajstić information content (AvgIpc) is 3.15. The van der Waals surface area contributed by atoms with Crippen LogP contribution in [0.5, 0.6) is 5.75 Å². The minimum atomic E-state index is -0.243. The van der Waals surface area contributed by atoms with E-state index in [9.17, 15) is 4.79 Å². The standard InChI is InChI=1S/C24H30N4O2/c1-17(2)23-25-11-12-28(23)16-20-8-5-9-21(13-20)27-24(29)26-15-19-7-6-10-22(14-19)30-18(3)4/h5-14,17-18H,15-16H2,1-4H3,(H2,26,27,29). The fourth-order valence-corrected chi connectivity index (χ4v) is 3.26. The molecule has 1 heterocycles. The summed E-state index contributed by atoms with van der Waals surface area (Å²) in [5.74, 6) is 2.21. The van der Waals surface area contributed by atoms with Crippen molar-refractivity contribution < 1.29 is 9.53 Å². The SMILES string of the molecule is CC(C)Oc1cccc(CNC(=O)Nc2cccc(Cn3ccnc3C(C)C)c2)c1. The van der Waals surface area contributed by atoms with E-state index in [2.05, 4.69) is 34.0 Å². The summed E-state index contributed by atoms with van der Waals surface area (Å²) in [5.41, 5.74) is 2.85. The molecule has 0 saturated heterocycles. The fourth-order valence-electron chi connectivity index (χ4n) is 3.26. The smallest absolute Gasteiger partial charge is 0.319 e. The van der Waals surface area contributed by atoms with Crippen molar-refractivity contribution in [1.82, 2.24) is 14.9 Å². The van der Waals surface area contributed by atoms with E-state index in [-0.39, 0.29) is 12.1 Å². The topological polar surface area (TPSA) is 68.2 Å². The van der Waals surface area contributed by atoms with Crippen molar-refractivity contribution in [3.05, 3.63) is 77.9 Å². The average molecular weight is 407 g/mol. The summed E-state index contributed by atoms with van der Waals surface area (Å²) in [5, 5.41) is 5.81. The number of rotatable bonds is 8. The normalized spacial score (nSPS) is 11.0. The summed E-state index contributed by atoms with van der Waals surface area (Å²) in [6.45, 7) is 9.38. The zero-order chi connectivity index (χ0) is 21.5. The van der Waals surface area contributed by atoms with Crippen molar-refractivity contribution in [2.24, 2.45) is 0 Å². The Kier molecular flexibility index (Phi) is 7.12. The first-order valence-corrected chi connectivity index (χ1v) is 10.3. The molecule has 1 aromatic heterocycles. The molecule has 3 rings (SSSR count). The van der Waals surface area contributed by atoms with E-state index < -0.39 is 0 Å². The molecule has 0 aliphatic heterocycles. The van der Waals surface area contributed by atoms with Gasteiger partial charge in [0.05, 0.1) is 6.10 Å². The summed E-state index contributed by atoms with van der Waals surface area (Å²) in [6.07, 6.45) is 3.92. The number of carbonyl (C=O) groups is 1. The minimum absolute atomic E-state index is 0.114. The van der Waals surface area contributed by atoms with Crippen LogP contribution in [0.3, 0.4) is 0 Å². The molecule has 6 nitrogen and oxygen atoms in total. The molecule has 3 aromatic rings. The monoisotopic (exact) mass is 406 g/mol. The van der Waals surface area contributed by atoms with Gasteiger partial charge in [0, 0.05) is 37.1 Å². The maximum atomic E-state index is 12.4. The van der Waals surface area contributed by atoms with Gasteiger partial charge >= 0.3 is 6.03 Å². The first kappa shape index (κ1) is 21.4. The van der Waals surface area contributed by atoms with E-state index in [0.717, 1.165) is 28.4 Å². The van der Waals surface area contributed by atoms with Crippen LogP contribution >= 0.6 is 0 Å². The van der Waals surface area contributed by atoms with Gasteiger partial charge in [-0.15, -0.1) is 0 Å². The number of carbonyl (C=O) groups excluding carboxylic acids is 1. The van der Waals surface area contributed by atoms with Crippen molar-refractivity contribution in [3.63, 3.8) is 0 Å². The lowest BCUT2D eigenvalue weighted by molar-refractivity contribution is 0.242. The van der Waals surface area contributed by atoms with Crippen LogP contribution in [0.25, 0.3) is 0 Å². The van der Waals surface area contributed by atoms with Crippen LogP contribution in [0.4, 0.5) is 10.5 Å². The molecule has 0 unspecified atom stereocenters. The van der Waals surface area contributed by atoms with Gasteiger partial charge in [0.1, 0.15) is 11.6 Å². The second kappa shape index (κ2) is 9.96. The highest BCUT2D eigenvalue weighted by molar-refractivity contribution is 5.89. The molecule has 0 aliphatic rings. The molecule has 2 aromatic carbocycles. The van der Waals surface area contributed by atoms with Gasteiger partial charge in [0.25, 0.3) is 0 Å². The molecule has 6 heteroatoms. The lowest BCUT2D eigenvalue weighted by atomic mass is 10.1. The fraction of sp³-hybridized carbons (Fsp3) is 0.333. The third-order valence-corrected chi connectivity index (χ3v) is 4.53. The van der Waals surface area contributed by atoms with Gasteiger partial charge in [-0.3, -0.25) is 0 Å². The van der Waals surface area contributed by atoms with Gasteiger partial charge in [-0.05, 0) is 49.2 Å². The molecule has 0 fully saturated rings. The second-order valence-electron chi connectivity index (χ2n) is 7.89. The molecule has 0 radical (unpaired) electrons. The van der Waals surface area contributed by atoms with Gasteiger partial charge in [-0.25, -0.2) is 9.78 Å². The number of ether oxygens (including phenoxy) is 1. The molecule has 0 spiro atoms. The van der Waals surface area contributed by atoms with Crippen LogP contribution in [-0.2, 0) is 13.1 Å². The lowest BCUT2D eigenvalue weighted by Crippen LogP contribution is -2.28. The first-order valence-electron chi connectivity index (χ1n) is 10.3. The van der Waals surface area contributed by atoms with Crippen LogP contribution < -0.4 is 15.4 Å². The lowest BCUT2D eigenvalue weighted by Gasteiger charge is -2.13. The summed E-state index contributed by atoms with van der Waals surface area (Å²) in [7, 11) is 0. The van der Waals surface area contributed by atoms with Crippen LogP contribution in [0.2, 0.25) is 0 Å². The summed E-state index contributed by atoms with van der Waals surface area (Å²) in [6, 6.07) is 15.4. The Labute approximate surface area is 178 Å². The summed E-state index contributed by atoms with van der Waals surface area (Å²) in [4.78, 5) is 16.8. The van der Waals surface area contributed by atoms with Crippen LogP contribution in [-0.4, -0.2) is 21.7 Å². The molecular formula is C24H30N4O2. The molecule has 0 aliphatic carbocycles. The van der Waals surface area contributed by atoms with Gasteiger partial charge in [-0.1, -0.05) is 38.1 Å². The number of hydrogen-bond acceptors (Lipinski definition) is 3. The highest BCUT2D eigenvalue weighted by Crippen LogP contribution is 2.17. The van der Waals surface area contributed by atoms with Crippen molar-refractivity contribution >= 4 is 11.7 Å². The number of benzene rings is 2. The largest absolute Gasteiger partial charge is 0.491 e. The number of urea groups is 1. The number of aromatic nitrogens is 2. The van der Waals surface area contributed by atoms with Crippen molar-refractivity contribution in [1.29, 1.82) is 0 Å². The Morgan fingerprint density at radius 1 is 1.07 bits per heavy atom. The summed E-state index contributed by atoms with van der Waals surface area (Å²) >= 11 is 0. The van der Waals surface area contributed by atoms with Gasteiger partial charge in [0.2, 0.25) is 0 Å². The molecule has 30 heavy (non-hydrogen) atoms. The second-order valence-corrected chi connectivity index (χ2v) is 7.89. The van der Waals surface area contributed by atoms with Gasteiger partial charge in [-0.2, -0.15) is 0 Å². The van der Waals surface area contributed by atoms with E-state index in [1.807, 2.05) is 74.8 Å². The maximum Gasteiger partial charge on any atom is 0.319 e. The predicted molar refractivity (Wildman–Crippen MR) is 120 cm³/mol. The third-order valence-electron chi connectivity index (χ3n) is 4.53. The van der Waals surface area contributed by atoms with Crippen molar-refractivity contribution in [2.45, 2.75) is 52.8 Å². The molecule has 0 atom stereocenters. The van der Waals surface area contributed by atoms with E-state index in [1.165, 1.54) is 0 Å². The number of nitrogens with zero attached hydrogens (tertiary/aromatic N) is 2. The highest BCUT2D eigenvalue weighted by Gasteiger charge is 2.09. The quantitative estimate of drug-likeness (QED) is 0.543. The van der Waals surface area contributed by atoms with Crippen LogP contribution in [0.15, 0.2) is 60.9 Å². The van der Waals surface area contributed by atoms with Gasteiger partial charge < -0.3 is 19.9 Å². The van der Waals surface area contributed by atoms with E-state index in [0.29, 0.717) is 19.0 Å². The molecule has 0 saturated carbocycles. The van der Waals surface area contributed by atoms with Crippen molar-refractivity contribution in [3.8, 4) is 5.75 Å². The van der Waals surface area contributed by atoms with E-state index in [1.54, 1.807) is 0 Å². The number of imidazole rings is 1. The van der Waals surface area contributed by atoms with E-state index in [4.69, 9.17) is 4.74 Å². The molecule has 2 N–H and O–H groups in total. The molecular weight excluding hydrogens is 376 g/mol. The third kappa shape index (κ3) is 6.11.